The summed E-state index contributed by atoms with van der Waals surface area (Å²) in [5.41, 5.74) is 0.665. The van der Waals surface area contributed by atoms with E-state index in [1.807, 2.05) is 0 Å². The highest BCUT2D eigenvalue weighted by molar-refractivity contribution is 7.85. The van der Waals surface area contributed by atoms with E-state index >= 15 is 0 Å². The fourth-order valence-electron chi connectivity index (χ4n) is 1.56. The first kappa shape index (κ1) is 15.9. The molecule has 1 aromatic carbocycles. The van der Waals surface area contributed by atoms with Crippen molar-refractivity contribution in [2.75, 3.05) is 6.26 Å². The Morgan fingerprint density at radius 3 is 2.67 bits per heavy atom. The number of aliphatic hydroxyl groups excluding tert-OH is 1. The highest BCUT2D eigenvalue weighted by atomic mass is 35.5. The van der Waals surface area contributed by atoms with Crippen LogP contribution in [0.2, 0.25) is 5.02 Å². The van der Waals surface area contributed by atoms with Gasteiger partial charge in [-0.1, -0.05) is 28.9 Å². The van der Waals surface area contributed by atoms with Crippen LogP contribution in [0.25, 0.3) is 0 Å². The lowest BCUT2D eigenvalue weighted by molar-refractivity contribution is 0.174. The number of nitrogens with zero attached hydrogens (tertiary/aromatic N) is 2. The van der Waals surface area contributed by atoms with E-state index in [2.05, 4.69) is 14.3 Å². The molecule has 0 amide bonds. The minimum atomic E-state index is -3.57. The van der Waals surface area contributed by atoms with Crippen molar-refractivity contribution in [3.8, 4) is 0 Å². The van der Waals surface area contributed by atoms with Gasteiger partial charge in [-0.2, -0.15) is 13.4 Å². The largest absolute Gasteiger partial charge is 0.388 e. The number of benzene rings is 1. The molecule has 1 N–H and O–H groups in total. The Bertz CT molecular complexity index is 699. The smallest absolute Gasteiger partial charge is 0.264 e. The second-order valence-electron chi connectivity index (χ2n) is 4.34. The molecule has 1 atom stereocenters. The predicted molar refractivity (Wildman–Crippen MR) is 74.0 cm³/mol. The van der Waals surface area contributed by atoms with Crippen molar-refractivity contribution in [3.05, 3.63) is 46.6 Å². The fraction of sp³-hybridized carbons (Fsp3) is 0.333. The van der Waals surface area contributed by atoms with Crippen molar-refractivity contribution in [1.29, 1.82) is 0 Å². The monoisotopic (exact) mass is 332 g/mol. The second kappa shape index (κ2) is 6.52. The summed E-state index contributed by atoms with van der Waals surface area (Å²) in [5, 5.41) is 14.3. The van der Waals surface area contributed by atoms with Crippen LogP contribution in [0.3, 0.4) is 0 Å². The summed E-state index contributed by atoms with van der Waals surface area (Å²) < 4.78 is 31.0. The van der Waals surface area contributed by atoms with Gasteiger partial charge in [0.1, 0.15) is 6.61 Å². The van der Waals surface area contributed by atoms with Crippen molar-refractivity contribution >= 4 is 21.7 Å². The minimum Gasteiger partial charge on any atom is -0.388 e. The first-order valence-electron chi connectivity index (χ1n) is 5.93. The molecule has 0 saturated carbocycles. The summed E-state index contributed by atoms with van der Waals surface area (Å²) >= 11 is 5.77. The zero-order valence-electron chi connectivity index (χ0n) is 11.1. The summed E-state index contributed by atoms with van der Waals surface area (Å²) in [4.78, 5) is 3.94. The molecule has 1 aromatic heterocycles. The first-order chi connectivity index (χ1) is 9.83. The molecule has 0 radical (unpaired) electrons. The van der Waals surface area contributed by atoms with Crippen LogP contribution < -0.4 is 0 Å². The first-order valence-corrected chi connectivity index (χ1v) is 8.12. The van der Waals surface area contributed by atoms with E-state index < -0.39 is 16.2 Å². The maximum atomic E-state index is 10.8. The minimum absolute atomic E-state index is 0.0266. The Morgan fingerprint density at radius 2 is 2.05 bits per heavy atom. The van der Waals surface area contributed by atoms with Crippen LogP contribution in [0.1, 0.15) is 23.4 Å². The maximum Gasteiger partial charge on any atom is 0.264 e. The Hall–Kier alpha value is -1.48. The van der Waals surface area contributed by atoms with Crippen LogP contribution in [0.15, 0.2) is 28.8 Å². The third kappa shape index (κ3) is 5.09. The molecule has 2 rings (SSSR count). The van der Waals surface area contributed by atoms with E-state index in [4.69, 9.17) is 16.1 Å². The molecular formula is C12H13ClN2O5S. The Balaban J connectivity index is 1.97. The molecule has 114 valence electrons. The fourth-order valence-corrected chi connectivity index (χ4v) is 2.01. The van der Waals surface area contributed by atoms with Gasteiger partial charge in [-0.3, -0.25) is 4.18 Å². The second-order valence-corrected chi connectivity index (χ2v) is 6.42. The van der Waals surface area contributed by atoms with E-state index in [1.165, 1.54) is 0 Å². The molecule has 7 nitrogen and oxygen atoms in total. The van der Waals surface area contributed by atoms with Gasteiger partial charge in [-0.25, -0.2) is 0 Å². The zero-order valence-corrected chi connectivity index (χ0v) is 12.6. The molecular weight excluding hydrogens is 320 g/mol. The van der Waals surface area contributed by atoms with Gasteiger partial charge in [0.15, 0.2) is 5.82 Å². The molecule has 0 aliphatic rings. The lowest BCUT2D eigenvalue weighted by atomic mass is 10.1. The third-order valence-corrected chi connectivity index (χ3v) is 3.34. The van der Waals surface area contributed by atoms with E-state index in [0.717, 1.165) is 6.26 Å². The van der Waals surface area contributed by atoms with Crippen LogP contribution in [0.4, 0.5) is 0 Å². The molecule has 0 aliphatic heterocycles. The van der Waals surface area contributed by atoms with Gasteiger partial charge in [0, 0.05) is 11.4 Å². The molecule has 1 unspecified atom stereocenters. The van der Waals surface area contributed by atoms with Gasteiger partial charge in [-0.05, 0) is 17.7 Å². The van der Waals surface area contributed by atoms with Gasteiger partial charge in [0.2, 0.25) is 0 Å². The normalized spacial score (nSPS) is 13.3. The quantitative estimate of drug-likeness (QED) is 0.799. The molecule has 0 aliphatic carbocycles. The van der Waals surface area contributed by atoms with Gasteiger partial charge >= 0.3 is 0 Å². The van der Waals surface area contributed by atoms with Crippen LogP contribution in [-0.4, -0.2) is 29.9 Å². The Morgan fingerprint density at radius 1 is 1.38 bits per heavy atom. The number of halogens is 1. The summed E-state index contributed by atoms with van der Waals surface area (Å²) in [7, 11) is -3.57. The number of aromatic nitrogens is 2. The van der Waals surface area contributed by atoms with E-state index in [1.54, 1.807) is 24.3 Å². The molecule has 21 heavy (non-hydrogen) atoms. The molecule has 0 fully saturated rings. The van der Waals surface area contributed by atoms with Gasteiger partial charge in [-0.15, -0.1) is 0 Å². The molecule has 0 saturated heterocycles. The predicted octanol–water partition coefficient (Wildman–Crippen LogP) is 1.48. The number of hydrogen-bond acceptors (Lipinski definition) is 7. The van der Waals surface area contributed by atoms with Crippen molar-refractivity contribution in [2.24, 2.45) is 0 Å². The molecule has 9 heteroatoms. The SMILES string of the molecule is CS(=O)(=O)OCc1nc(CC(O)c2ccc(Cl)cc2)no1. The van der Waals surface area contributed by atoms with Gasteiger partial charge in [0.25, 0.3) is 16.0 Å². The molecule has 2 aromatic rings. The molecule has 1 heterocycles. The van der Waals surface area contributed by atoms with Gasteiger partial charge in [0.05, 0.1) is 12.4 Å². The van der Waals surface area contributed by atoms with E-state index in [0.29, 0.717) is 10.6 Å². The van der Waals surface area contributed by atoms with E-state index in [-0.39, 0.29) is 24.7 Å². The Kier molecular flexibility index (Phi) is 4.94. The summed E-state index contributed by atoms with van der Waals surface area (Å²) in [5.74, 6) is 0.281. The maximum absolute atomic E-state index is 10.8. The zero-order chi connectivity index (χ0) is 15.5. The topological polar surface area (TPSA) is 103 Å². The summed E-state index contributed by atoms with van der Waals surface area (Å²) in [6, 6.07) is 6.73. The van der Waals surface area contributed by atoms with Crippen LogP contribution in [-0.2, 0) is 27.3 Å². The lowest BCUT2D eigenvalue weighted by Gasteiger charge is -2.07. The van der Waals surface area contributed by atoms with Crippen molar-refractivity contribution in [1.82, 2.24) is 10.1 Å². The number of hydrogen-bond donors (Lipinski definition) is 1. The van der Waals surface area contributed by atoms with Crippen LogP contribution in [0.5, 0.6) is 0 Å². The highest BCUT2D eigenvalue weighted by Gasteiger charge is 2.15. The summed E-state index contributed by atoms with van der Waals surface area (Å²) in [6.07, 6.45) is 0.238. The number of aliphatic hydroxyl groups is 1. The lowest BCUT2D eigenvalue weighted by Crippen LogP contribution is -2.04. The highest BCUT2D eigenvalue weighted by Crippen LogP contribution is 2.19. The van der Waals surface area contributed by atoms with Crippen molar-refractivity contribution in [2.45, 2.75) is 19.1 Å². The summed E-state index contributed by atoms with van der Waals surface area (Å²) in [6.45, 7) is -0.330. The average Bonchev–Trinajstić information content (AvgIpc) is 2.84. The Labute approximate surface area is 126 Å². The third-order valence-electron chi connectivity index (χ3n) is 2.54. The van der Waals surface area contributed by atoms with Crippen molar-refractivity contribution in [3.63, 3.8) is 0 Å². The average molecular weight is 333 g/mol. The van der Waals surface area contributed by atoms with Gasteiger partial charge < -0.3 is 9.63 Å². The van der Waals surface area contributed by atoms with E-state index in [9.17, 15) is 13.5 Å². The van der Waals surface area contributed by atoms with Crippen molar-refractivity contribution < 1.29 is 22.2 Å². The van der Waals surface area contributed by atoms with Crippen LogP contribution in [0, 0.1) is 0 Å². The standard InChI is InChI=1S/C12H13ClN2O5S/c1-21(17,18)19-7-12-14-11(15-20-12)6-10(16)8-2-4-9(13)5-3-8/h2-5,10,16H,6-7H2,1H3. The molecule has 0 bridgehead atoms. The van der Waals surface area contributed by atoms with Crippen LogP contribution >= 0.6 is 11.6 Å². The molecule has 0 spiro atoms. The number of rotatable bonds is 6.